The molecule has 0 saturated carbocycles. The van der Waals surface area contributed by atoms with E-state index in [1.807, 2.05) is 18.2 Å². The molecule has 5 unspecified atom stereocenters. The molecule has 0 aliphatic carbocycles. The summed E-state index contributed by atoms with van der Waals surface area (Å²) in [5.74, 6) is -1.72. The Morgan fingerprint density at radius 1 is 0.283 bits per heavy atom. The monoisotopic (exact) mass is 1420 g/mol. The van der Waals surface area contributed by atoms with Gasteiger partial charge in [0.1, 0.15) is 25.4 Å². The molecule has 0 amide bonds. The highest BCUT2D eigenvalue weighted by atomic mass is 31.2. The van der Waals surface area contributed by atoms with Gasteiger partial charge in [0.05, 0.1) is 26.4 Å². The summed E-state index contributed by atoms with van der Waals surface area (Å²) in [6, 6.07) is 0. The van der Waals surface area contributed by atoms with Gasteiger partial charge in [0.2, 0.25) is 0 Å². The first kappa shape index (κ1) is 93.6. The summed E-state index contributed by atoms with van der Waals surface area (Å²) in [6.07, 6.45) is 92.4. The summed E-state index contributed by atoms with van der Waals surface area (Å²) in [5.41, 5.74) is 0. The second kappa shape index (κ2) is 72.4. The van der Waals surface area contributed by atoms with E-state index in [-0.39, 0.29) is 19.3 Å². The van der Waals surface area contributed by atoms with Gasteiger partial charge in [0.25, 0.3) is 0 Å². The van der Waals surface area contributed by atoms with E-state index in [4.69, 9.17) is 32.3 Å². The molecule has 5 atom stereocenters. The van der Waals surface area contributed by atoms with Crippen molar-refractivity contribution in [3.05, 3.63) is 182 Å². The smallest absolute Gasteiger partial charge is 0.463 e. The largest absolute Gasteiger partial charge is 0.472 e. The van der Waals surface area contributed by atoms with Crippen molar-refractivity contribution < 1.29 is 75.8 Å². The van der Waals surface area contributed by atoms with E-state index in [2.05, 4.69) is 185 Å². The molecule has 99 heavy (non-hydrogen) atoms. The molecule has 0 aliphatic rings. The Balaban J connectivity index is 4.68. The van der Waals surface area contributed by atoms with Crippen LogP contribution in [0.5, 0.6) is 0 Å². The molecule has 0 aromatic rings. The lowest BCUT2D eigenvalue weighted by Crippen LogP contribution is -2.30. The van der Waals surface area contributed by atoms with E-state index in [0.29, 0.717) is 25.7 Å². The van der Waals surface area contributed by atoms with Crippen molar-refractivity contribution in [2.45, 2.75) is 270 Å². The molecule has 0 aromatic heterocycles. The van der Waals surface area contributed by atoms with Gasteiger partial charge in [0.15, 0.2) is 6.10 Å². The molecule has 0 radical (unpaired) electrons. The van der Waals surface area contributed by atoms with Crippen molar-refractivity contribution in [2.24, 2.45) is 0 Å². The van der Waals surface area contributed by atoms with Crippen LogP contribution in [0, 0.1) is 0 Å². The molecule has 0 spiro atoms. The predicted octanol–water partition coefficient (Wildman–Crippen LogP) is 21.4. The zero-order valence-corrected chi connectivity index (χ0v) is 62.6. The van der Waals surface area contributed by atoms with Crippen molar-refractivity contribution in [3.63, 3.8) is 0 Å². The topological polar surface area (TPSA) is 231 Å². The number of hydrogen-bond donors (Lipinski definition) is 4. The number of carbonyl (C=O) groups is 3. The van der Waals surface area contributed by atoms with Crippen LogP contribution < -0.4 is 0 Å². The van der Waals surface area contributed by atoms with E-state index in [0.717, 1.165) is 148 Å². The molecule has 0 heterocycles. The molecule has 0 bridgehead atoms. The minimum Gasteiger partial charge on any atom is -0.463 e. The number of phosphoric ester groups is 2. The first-order valence-corrected chi connectivity index (χ1v) is 40.1. The lowest BCUT2D eigenvalue weighted by Gasteiger charge is -2.21. The molecule has 0 saturated heterocycles. The fourth-order valence-electron chi connectivity index (χ4n) is 9.08. The van der Waals surface area contributed by atoms with Crippen LogP contribution in [0.15, 0.2) is 182 Å². The standard InChI is InChI=1S/C81H130O16P2/c1-4-7-10-13-16-19-22-25-28-31-33-34-35-36-37-38-39-40-42-45-46-49-52-55-58-61-64-67-79(84)91-70-76(82)71-93-98(87,88)94-72-77(83)73-95-99(89,90)96-75-78(97-81(86)69-66-63-60-57-54-51-48-43-30-27-24-21-18-15-12-9-6-3)74-92-80(85)68-65-62-59-56-53-50-47-44-41-32-29-26-23-20-17-14-11-8-5-2/h7-12,16-21,25-30,33-34,36-37,41,44,48,50-51,53,59,62,76-78,82-83H,4-6,13-15,22-24,31-32,35,38-40,42-43,45-47,49,52,54-58,60-61,63-75H2,1-3H3,(H,87,88)(H,89,90)/b10-7-,11-8-,12-9-,19-16-,20-17-,21-18-,28-25-,29-26-,30-27-,34-33-,37-36-,44-41-,51-48-,53-50-,62-59-. The molecule has 0 aromatic carbocycles. The number of phosphoric acid groups is 2. The van der Waals surface area contributed by atoms with Crippen LogP contribution >= 0.6 is 15.6 Å². The number of ether oxygens (including phenoxy) is 3. The van der Waals surface area contributed by atoms with Gasteiger partial charge < -0.3 is 34.2 Å². The summed E-state index contributed by atoms with van der Waals surface area (Å²) in [6.45, 7) is 2.18. The summed E-state index contributed by atoms with van der Waals surface area (Å²) in [7, 11) is -9.83. The zero-order chi connectivity index (χ0) is 72.3. The van der Waals surface area contributed by atoms with E-state index in [9.17, 15) is 43.5 Å². The van der Waals surface area contributed by atoms with Crippen LogP contribution in [0.2, 0.25) is 0 Å². The molecule has 0 rings (SSSR count). The third-order valence-corrected chi connectivity index (χ3v) is 16.5. The first-order valence-electron chi connectivity index (χ1n) is 37.1. The molecular formula is C81H130O16P2. The van der Waals surface area contributed by atoms with Crippen molar-refractivity contribution in [1.82, 2.24) is 0 Å². The molecule has 4 N–H and O–H groups in total. The number of carbonyl (C=O) groups excluding carboxylic acids is 3. The number of aliphatic hydroxyl groups excluding tert-OH is 2. The Bertz CT molecular complexity index is 2530. The van der Waals surface area contributed by atoms with E-state index in [1.165, 1.54) is 38.5 Å². The van der Waals surface area contributed by atoms with Crippen molar-refractivity contribution in [2.75, 3.05) is 39.6 Å². The van der Waals surface area contributed by atoms with Crippen molar-refractivity contribution in [1.29, 1.82) is 0 Å². The SMILES string of the molecule is CC/C=C\C/C=C\C/C=C\C/C=C\C/C=C\C/C=C\CCC(=O)OCC(COP(=O)(O)OCC(O)COP(=O)(O)OCC(O)COC(=O)CCCCCCCCCCCCC/C=C\C/C=C\C/C=C\C/C=C\C/C=C\CC)OC(=O)CCCCCC/C=C\C/C=C\C/C=C\C/C=C\CC. The maximum absolute atomic E-state index is 12.9. The molecular weight excluding hydrogens is 1290 g/mol. The second-order valence-electron chi connectivity index (χ2n) is 23.9. The Labute approximate surface area is 598 Å². The average molecular weight is 1420 g/mol. The van der Waals surface area contributed by atoms with E-state index in [1.54, 1.807) is 0 Å². The maximum atomic E-state index is 12.9. The van der Waals surface area contributed by atoms with Crippen LogP contribution in [0.1, 0.15) is 252 Å². The van der Waals surface area contributed by atoms with Gasteiger partial charge in [-0.3, -0.25) is 32.5 Å². The first-order chi connectivity index (χ1) is 48.2. The Morgan fingerprint density at radius 3 is 0.859 bits per heavy atom. The van der Waals surface area contributed by atoms with Crippen molar-refractivity contribution >= 4 is 33.6 Å². The number of esters is 3. The summed E-state index contributed by atoms with van der Waals surface area (Å²) < 4.78 is 60.9. The predicted molar refractivity (Wildman–Crippen MR) is 408 cm³/mol. The third kappa shape index (κ3) is 73.7. The highest BCUT2D eigenvalue weighted by Gasteiger charge is 2.29. The van der Waals surface area contributed by atoms with Crippen LogP contribution in [-0.2, 0) is 55.8 Å². The van der Waals surface area contributed by atoms with Gasteiger partial charge in [-0.1, -0.05) is 274 Å². The molecule has 16 nitrogen and oxygen atoms in total. The van der Waals surface area contributed by atoms with Crippen molar-refractivity contribution in [3.8, 4) is 0 Å². The van der Waals surface area contributed by atoms with Crippen LogP contribution in [0.3, 0.4) is 0 Å². The van der Waals surface area contributed by atoms with Crippen LogP contribution in [-0.4, -0.2) is 95.9 Å². The highest BCUT2D eigenvalue weighted by molar-refractivity contribution is 7.47. The molecule has 0 fully saturated rings. The minimum atomic E-state index is -4.96. The lowest BCUT2D eigenvalue weighted by molar-refractivity contribution is -0.161. The molecule has 18 heteroatoms. The zero-order valence-electron chi connectivity index (χ0n) is 60.8. The summed E-state index contributed by atoms with van der Waals surface area (Å²) in [4.78, 5) is 58.5. The van der Waals surface area contributed by atoms with Gasteiger partial charge in [0, 0.05) is 19.3 Å². The average Bonchev–Trinajstić information content (AvgIpc) is 3.78. The highest BCUT2D eigenvalue weighted by Crippen LogP contribution is 2.45. The Hall–Kier alpha value is -5.35. The van der Waals surface area contributed by atoms with Crippen LogP contribution in [0.4, 0.5) is 0 Å². The number of rotatable bonds is 68. The van der Waals surface area contributed by atoms with E-state index >= 15 is 0 Å². The van der Waals surface area contributed by atoms with Gasteiger partial charge in [-0.05, 0) is 141 Å². The fourth-order valence-corrected chi connectivity index (χ4v) is 10.7. The van der Waals surface area contributed by atoms with Gasteiger partial charge in [-0.15, -0.1) is 0 Å². The summed E-state index contributed by atoms with van der Waals surface area (Å²) in [5, 5.41) is 20.6. The fraction of sp³-hybridized carbons (Fsp3) is 0.593. The number of hydrogen-bond acceptors (Lipinski definition) is 14. The summed E-state index contributed by atoms with van der Waals surface area (Å²) >= 11 is 0. The number of allylic oxidation sites excluding steroid dienone is 30. The number of unbranched alkanes of at least 4 members (excludes halogenated alkanes) is 15. The molecule has 560 valence electrons. The maximum Gasteiger partial charge on any atom is 0.472 e. The quantitative estimate of drug-likeness (QED) is 0.0146. The lowest BCUT2D eigenvalue weighted by atomic mass is 10.0. The van der Waals surface area contributed by atoms with Crippen LogP contribution in [0.25, 0.3) is 0 Å². The van der Waals surface area contributed by atoms with E-state index < -0.39 is 91.5 Å². The van der Waals surface area contributed by atoms with Gasteiger partial charge in [-0.2, -0.15) is 0 Å². The van der Waals surface area contributed by atoms with Gasteiger partial charge in [-0.25, -0.2) is 9.13 Å². The third-order valence-electron chi connectivity index (χ3n) is 14.6. The molecule has 0 aliphatic heterocycles. The Kier molecular flexibility index (Phi) is 68.5. The second-order valence-corrected chi connectivity index (χ2v) is 26.9. The Morgan fingerprint density at radius 2 is 0.525 bits per heavy atom. The number of aliphatic hydroxyl groups is 2. The normalized spacial score (nSPS) is 15.1. The van der Waals surface area contributed by atoms with Gasteiger partial charge >= 0.3 is 33.6 Å². The minimum absolute atomic E-state index is 0.0323.